The van der Waals surface area contributed by atoms with Crippen LogP contribution >= 0.6 is 43.5 Å². The number of aromatic nitrogens is 4. The quantitative estimate of drug-likeness (QED) is 0.241. The van der Waals surface area contributed by atoms with Crippen molar-refractivity contribution < 1.29 is 0 Å². The van der Waals surface area contributed by atoms with Crippen LogP contribution in [0.2, 0.25) is 5.02 Å². The number of hydrogen-bond acceptors (Lipinski definition) is 3. The van der Waals surface area contributed by atoms with Crippen LogP contribution in [0.4, 0.5) is 0 Å². The fourth-order valence-corrected chi connectivity index (χ4v) is 4.35. The highest BCUT2D eigenvalue weighted by Gasteiger charge is 2.21. The summed E-state index contributed by atoms with van der Waals surface area (Å²) in [4.78, 5) is 23.1. The van der Waals surface area contributed by atoms with Crippen LogP contribution < -0.4 is 5.56 Å². The van der Waals surface area contributed by atoms with E-state index < -0.39 is 0 Å². The largest absolute Gasteiger partial charge is 0.286 e. The van der Waals surface area contributed by atoms with Crippen LogP contribution in [-0.2, 0) is 0 Å². The predicted molar refractivity (Wildman–Crippen MR) is 130 cm³/mol. The van der Waals surface area contributed by atoms with Crippen molar-refractivity contribution in [1.29, 1.82) is 0 Å². The summed E-state index contributed by atoms with van der Waals surface area (Å²) >= 11 is 13.0. The molecular weight excluding hydrogens is 544 g/mol. The molecule has 31 heavy (non-hydrogen) atoms. The van der Waals surface area contributed by atoms with Gasteiger partial charge in [-0.25, -0.2) is 9.97 Å². The molecule has 5 nitrogen and oxygen atoms in total. The molecule has 0 spiro atoms. The second-order valence-electron chi connectivity index (χ2n) is 6.78. The van der Waals surface area contributed by atoms with Crippen molar-refractivity contribution in [2.45, 2.75) is 0 Å². The molecule has 2 heterocycles. The van der Waals surface area contributed by atoms with Crippen molar-refractivity contribution in [3.05, 3.63) is 103 Å². The van der Waals surface area contributed by atoms with Gasteiger partial charge in [0.05, 0.1) is 5.69 Å². The van der Waals surface area contributed by atoms with E-state index in [1.807, 2.05) is 59.2 Å². The maximum atomic E-state index is 13.7. The van der Waals surface area contributed by atoms with E-state index in [-0.39, 0.29) is 11.1 Å². The highest BCUT2D eigenvalue weighted by Crippen LogP contribution is 2.27. The molecule has 0 saturated heterocycles. The predicted octanol–water partition coefficient (Wildman–Crippen LogP) is 6.42. The van der Waals surface area contributed by atoms with Gasteiger partial charge in [-0.05, 0) is 64.5 Å². The van der Waals surface area contributed by atoms with Crippen molar-refractivity contribution in [3.63, 3.8) is 0 Å². The second kappa shape index (κ2) is 8.07. The lowest BCUT2D eigenvalue weighted by Gasteiger charge is -2.13. The normalized spacial score (nSPS) is 11.2. The van der Waals surface area contributed by atoms with Crippen LogP contribution in [0.1, 0.15) is 0 Å². The molecule has 3 aromatic carbocycles. The Morgan fingerprint density at radius 3 is 2.06 bits per heavy atom. The van der Waals surface area contributed by atoms with Crippen LogP contribution in [0.25, 0.3) is 33.9 Å². The van der Waals surface area contributed by atoms with Crippen molar-refractivity contribution in [3.8, 4) is 22.8 Å². The third-order valence-corrected chi connectivity index (χ3v) is 6.16. The monoisotopic (exact) mass is 554 g/mol. The zero-order valence-electron chi connectivity index (χ0n) is 15.8. The Labute approximate surface area is 199 Å². The van der Waals surface area contributed by atoms with Gasteiger partial charge in [-0.2, -0.15) is 0 Å². The maximum Gasteiger partial charge on any atom is 0.286 e. The molecule has 0 aliphatic heterocycles. The van der Waals surface area contributed by atoms with Gasteiger partial charge in [-0.15, -0.1) is 0 Å². The van der Waals surface area contributed by atoms with E-state index in [9.17, 15) is 4.79 Å². The average molecular weight is 557 g/mol. The molecule has 0 atom stereocenters. The van der Waals surface area contributed by atoms with E-state index in [0.29, 0.717) is 26.9 Å². The number of hydrogen-bond donors (Lipinski definition) is 0. The molecule has 0 aliphatic carbocycles. The molecule has 0 N–H and O–H groups in total. The van der Waals surface area contributed by atoms with Crippen LogP contribution in [0, 0.1) is 0 Å². The Morgan fingerprint density at radius 1 is 0.742 bits per heavy atom. The lowest BCUT2D eigenvalue weighted by Crippen LogP contribution is -2.22. The van der Waals surface area contributed by atoms with Gasteiger partial charge in [-0.1, -0.05) is 57.9 Å². The first-order chi connectivity index (χ1) is 15.0. The molecule has 0 fully saturated rings. The standard InChI is InChI=1S/C23H13Br2ClN4O/c24-15-8-6-14(7-9-15)20-28-21-19(22(31)29(20)18-12-10-16(26)11-13-18)27-23(25)30(21)17-4-2-1-3-5-17/h1-13H. The summed E-state index contributed by atoms with van der Waals surface area (Å²) in [5, 5.41) is 0.590. The van der Waals surface area contributed by atoms with Gasteiger partial charge in [-0.3, -0.25) is 13.9 Å². The van der Waals surface area contributed by atoms with Crippen LogP contribution in [0.3, 0.4) is 0 Å². The van der Waals surface area contributed by atoms with Crippen molar-refractivity contribution in [2.24, 2.45) is 0 Å². The summed E-state index contributed by atoms with van der Waals surface area (Å²) in [5.74, 6) is 0.511. The number of para-hydroxylation sites is 1. The van der Waals surface area contributed by atoms with Gasteiger partial charge in [0.1, 0.15) is 5.82 Å². The summed E-state index contributed by atoms with van der Waals surface area (Å²) in [5.41, 5.74) is 2.80. The van der Waals surface area contributed by atoms with Gasteiger partial charge in [0.15, 0.2) is 15.9 Å². The molecule has 5 rings (SSSR count). The zero-order valence-corrected chi connectivity index (χ0v) is 19.8. The molecule has 152 valence electrons. The minimum atomic E-state index is -0.263. The van der Waals surface area contributed by atoms with Crippen LogP contribution in [0.15, 0.2) is 92.9 Å². The first kappa shape index (κ1) is 20.2. The summed E-state index contributed by atoms with van der Waals surface area (Å²) in [6, 6.07) is 24.4. The maximum absolute atomic E-state index is 13.7. The van der Waals surface area contributed by atoms with E-state index in [4.69, 9.17) is 16.6 Å². The smallest absolute Gasteiger partial charge is 0.271 e. The summed E-state index contributed by atoms with van der Waals surface area (Å²) < 4.78 is 4.84. The zero-order chi connectivity index (χ0) is 21.5. The number of benzene rings is 3. The lowest BCUT2D eigenvalue weighted by atomic mass is 10.2. The van der Waals surface area contributed by atoms with E-state index in [1.165, 1.54) is 0 Å². The number of fused-ring (bicyclic) bond motifs is 1. The van der Waals surface area contributed by atoms with E-state index in [0.717, 1.165) is 15.7 Å². The minimum absolute atomic E-state index is 0.263. The average Bonchev–Trinajstić information content (AvgIpc) is 3.12. The number of imidazole rings is 1. The first-order valence-electron chi connectivity index (χ1n) is 9.31. The summed E-state index contributed by atoms with van der Waals surface area (Å²) in [6.07, 6.45) is 0. The van der Waals surface area contributed by atoms with Gasteiger partial charge in [0.2, 0.25) is 0 Å². The minimum Gasteiger partial charge on any atom is -0.271 e. The number of rotatable bonds is 3. The Hall–Kier alpha value is -2.74. The summed E-state index contributed by atoms with van der Waals surface area (Å²) in [6.45, 7) is 0. The molecule has 0 saturated carbocycles. The molecule has 0 radical (unpaired) electrons. The van der Waals surface area contributed by atoms with Crippen LogP contribution in [0.5, 0.6) is 0 Å². The van der Waals surface area contributed by atoms with E-state index in [2.05, 4.69) is 36.8 Å². The summed E-state index contributed by atoms with van der Waals surface area (Å²) in [7, 11) is 0. The third kappa shape index (κ3) is 3.63. The lowest BCUT2D eigenvalue weighted by molar-refractivity contribution is 0.960. The van der Waals surface area contributed by atoms with Gasteiger partial charge in [0, 0.05) is 20.7 Å². The van der Waals surface area contributed by atoms with Gasteiger partial charge in [0.25, 0.3) is 5.56 Å². The van der Waals surface area contributed by atoms with Gasteiger partial charge < -0.3 is 0 Å². The van der Waals surface area contributed by atoms with Crippen molar-refractivity contribution in [2.75, 3.05) is 0 Å². The molecule has 2 aromatic heterocycles. The first-order valence-corrected chi connectivity index (χ1v) is 11.3. The highest BCUT2D eigenvalue weighted by molar-refractivity contribution is 9.10. The Balaban J connectivity index is 1.88. The van der Waals surface area contributed by atoms with Crippen molar-refractivity contribution in [1.82, 2.24) is 19.1 Å². The molecule has 0 amide bonds. The fraction of sp³-hybridized carbons (Fsp3) is 0. The Kier molecular flexibility index (Phi) is 5.25. The number of nitrogens with zero attached hydrogens (tertiary/aromatic N) is 4. The molecular formula is C23H13Br2ClN4O. The van der Waals surface area contributed by atoms with E-state index >= 15 is 0 Å². The SMILES string of the molecule is O=c1c2nc(Br)n(-c3ccccc3)c2nc(-c2ccc(Br)cc2)n1-c1ccc(Cl)cc1. The number of halogens is 3. The third-order valence-electron chi connectivity index (χ3n) is 4.84. The van der Waals surface area contributed by atoms with E-state index in [1.54, 1.807) is 28.8 Å². The van der Waals surface area contributed by atoms with Crippen molar-refractivity contribution >= 4 is 54.6 Å². The molecule has 8 heteroatoms. The highest BCUT2D eigenvalue weighted by atomic mass is 79.9. The molecule has 0 unspecified atom stereocenters. The van der Waals surface area contributed by atoms with Gasteiger partial charge >= 0.3 is 0 Å². The van der Waals surface area contributed by atoms with Crippen LogP contribution in [-0.4, -0.2) is 19.1 Å². The topological polar surface area (TPSA) is 52.7 Å². The fourth-order valence-electron chi connectivity index (χ4n) is 3.41. The second-order valence-corrected chi connectivity index (χ2v) is 8.84. The Morgan fingerprint density at radius 2 is 1.39 bits per heavy atom. The molecule has 5 aromatic rings. The molecule has 0 aliphatic rings. The molecule has 0 bridgehead atoms. The Bertz CT molecular complexity index is 1460.